The fraction of sp³-hybridized carbons (Fsp3) is 0.462. The first kappa shape index (κ1) is 17.9. The molecule has 1 amide bonds. The zero-order valence-electron chi connectivity index (χ0n) is 12.2. The van der Waals surface area contributed by atoms with E-state index in [4.69, 9.17) is 5.73 Å². The molecule has 1 rings (SSSR count). The van der Waals surface area contributed by atoms with Crippen molar-refractivity contribution >= 4 is 37.5 Å². The Morgan fingerprint density at radius 3 is 2.48 bits per heavy atom. The van der Waals surface area contributed by atoms with Crippen molar-refractivity contribution in [3.05, 3.63) is 22.7 Å². The molecular weight excluding hydrogens is 358 g/mol. The largest absolute Gasteiger partial charge is 0.399 e. The molecule has 6 nitrogen and oxygen atoms in total. The van der Waals surface area contributed by atoms with Crippen LogP contribution in [-0.4, -0.2) is 26.9 Å². The van der Waals surface area contributed by atoms with E-state index in [9.17, 15) is 13.2 Å². The zero-order valence-corrected chi connectivity index (χ0v) is 14.6. The van der Waals surface area contributed by atoms with Crippen molar-refractivity contribution in [3.8, 4) is 0 Å². The average Bonchev–Trinajstić information content (AvgIpc) is 2.34. The minimum absolute atomic E-state index is 0.0419. The molecule has 0 aliphatic rings. The number of benzene rings is 1. The first-order valence-corrected chi connectivity index (χ1v) is 8.76. The molecular formula is C13H20BrN3O3S. The number of nitrogens with one attached hydrogen (secondary N) is 2. The minimum atomic E-state index is -3.80. The van der Waals surface area contributed by atoms with E-state index in [0.717, 1.165) is 0 Å². The summed E-state index contributed by atoms with van der Waals surface area (Å²) >= 11 is 3.16. The number of amides is 1. The van der Waals surface area contributed by atoms with E-state index >= 15 is 0 Å². The van der Waals surface area contributed by atoms with E-state index in [-0.39, 0.29) is 10.8 Å². The van der Waals surface area contributed by atoms with Gasteiger partial charge in [-0.25, -0.2) is 8.42 Å². The molecule has 1 unspecified atom stereocenters. The number of carbonyl (C=O) groups excluding carboxylic acids is 1. The summed E-state index contributed by atoms with van der Waals surface area (Å²) in [4.78, 5) is 11.9. The van der Waals surface area contributed by atoms with Gasteiger partial charge in [0.05, 0.1) is 10.9 Å². The molecule has 8 heteroatoms. The highest BCUT2D eigenvalue weighted by molar-refractivity contribution is 9.10. The molecule has 1 aromatic rings. The maximum atomic E-state index is 12.3. The maximum absolute atomic E-state index is 12.3. The Bertz CT molecular complexity index is 617. The molecule has 4 N–H and O–H groups in total. The van der Waals surface area contributed by atoms with Gasteiger partial charge in [0.2, 0.25) is 15.9 Å². The average molecular weight is 378 g/mol. The number of carbonyl (C=O) groups is 1. The van der Waals surface area contributed by atoms with Crippen LogP contribution in [0.3, 0.4) is 0 Å². The molecule has 0 saturated heterocycles. The molecule has 0 fully saturated rings. The van der Waals surface area contributed by atoms with Gasteiger partial charge in [-0.05, 0) is 47.0 Å². The number of hydrogen-bond acceptors (Lipinski definition) is 4. The summed E-state index contributed by atoms with van der Waals surface area (Å²) in [5.41, 5.74) is 6.03. The fourth-order valence-electron chi connectivity index (χ4n) is 1.54. The number of rotatable bonds is 6. The van der Waals surface area contributed by atoms with Gasteiger partial charge in [0, 0.05) is 16.7 Å². The lowest BCUT2D eigenvalue weighted by Gasteiger charge is -2.16. The molecule has 0 aliphatic carbocycles. The predicted molar refractivity (Wildman–Crippen MR) is 86.2 cm³/mol. The van der Waals surface area contributed by atoms with Gasteiger partial charge in [0.25, 0.3) is 0 Å². The lowest BCUT2D eigenvalue weighted by Crippen LogP contribution is -2.45. The second kappa shape index (κ2) is 7.24. The Labute approximate surface area is 133 Å². The van der Waals surface area contributed by atoms with Gasteiger partial charge in [0.1, 0.15) is 0 Å². The van der Waals surface area contributed by atoms with Gasteiger partial charge in [-0.1, -0.05) is 13.8 Å². The summed E-state index contributed by atoms with van der Waals surface area (Å²) in [6, 6.07) is 3.51. The first-order chi connectivity index (χ1) is 9.63. The Kier molecular flexibility index (Phi) is 6.18. The van der Waals surface area contributed by atoms with Crippen LogP contribution in [0.25, 0.3) is 0 Å². The van der Waals surface area contributed by atoms with Gasteiger partial charge in [0.15, 0.2) is 0 Å². The van der Waals surface area contributed by atoms with Crippen LogP contribution in [0.2, 0.25) is 0 Å². The molecule has 118 valence electrons. The Morgan fingerprint density at radius 1 is 1.33 bits per heavy atom. The number of halogens is 1. The van der Waals surface area contributed by atoms with Gasteiger partial charge in [-0.15, -0.1) is 0 Å². The molecule has 1 atom stereocenters. The number of nitrogen functional groups attached to an aromatic ring is 1. The Morgan fingerprint density at radius 2 is 1.95 bits per heavy atom. The summed E-state index contributed by atoms with van der Waals surface area (Å²) in [7, 11) is -3.80. The highest BCUT2D eigenvalue weighted by Crippen LogP contribution is 2.24. The highest BCUT2D eigenvalue weighted by Gasteiger charge is 2.23. The summed E-state index contributed by atoms with van der Waals surface area (Å²) < 4.78 is 27.2. The van der Waals surface area contributed by atoms with Crippen molar-refractivity contribution in [2.75, 3.05) is 12.3 Å². The molecule has 0 spiro atoms. The lowest BCUT2D eigenvalue weighted by molar-refractivity contribution is -0.122. The Hall–Kier alpha value is -1.12. The van der Waals surface area contributed by atoms with Gasteiger partial charge < -0.3 is 11.1 Å². The van der Waals surface area contributed by atoms with E-state index in [1.54, 1.807) is 0 Å². The topological polar surface area (TPSA) is 101 Å². The van der Waals surface area contributed by atoms with Crippen LogP contribution in [0, 0.1) is 5.92 Å². The molecule has 0 radical (unpaired) electrons. The molecule has 0 bridgehead atoms. The SMILES string of the molecule is CC(C)CNC(=O)C(C)NS(=O)(=O)c1ccc(N)cc1Br. The van der Waals surface area contributed by atoms with E-state index in [0.29, 0.717) is 22.6 Å². The summed E-state index contributed by atoms with van der Waals surface area (Å²) in [6.07, 6.45) is 0. The number of sulfonamides is 1. The highest BCUT2D eigenvalue weighted by atomic mass is 79.9. The second-order valence-electron chi connectivity index (χ2n) is 5.17. The van der Waals surface area contributed by atoms with Crippen molar-refractivity contribution in [1.82, 2.24) is 10.0 Å². The molecule has 1 aromatic carbocycles. The summed E-state index contributed by atoms with van der Waals surface area (Å²) in [5, 5.41) is 2.68. The number of anilines is 1. The van der Waals surface area contributed by atoms with Crippen molar-refractivity contribution in [2.45, 2.75) is 31.7 Å². The van der Waals surface area contributed by atoms with Gasteiger partial charge in [-0.2, -0.15) is 4.72 Å². The summed E-state index contributed by atoms with van der Waals surface area (Å²) in [6.45, 7) is 5.91. The normalized spacial score (nSPS) is 13.2. The summed E-state index contributed by atoms with van der Waals surface area (Å²) in [5.74, 6) is -0.0668. The van der Waals surface area contributed by atoms with Gasteiger partial charge in [-0.3, -0.25) is 4.79 Å². The molecule has 0 heterocycles. The first-order valence-electron chi connectivity index (χ1n) is 6.48. The molecule has 0 aromatic heterocycles. The van der Waals surface area contributed by atoms with Crippen LogP contribution in [0.1, 0.15) is 20.8 Å². The van der Waals surface area contributed by atoms with Crippen molar-refractivity contribution in [3.63, 3.8) is 0 Å². The van der Waals surface area contributed by atoms with Crippen molar-refractivity contribution < 1.29 is 13.2 Å². The predicted octanol–water partition coefficient (Wildman–Crippen LogP) is 1.47. The smallest absolute Gasteiger partial charge is 0.242 e. The minimum Gasteiger partial charge on any atom is -0.399 e. The van der Waals surface area contributed by atoms with E-state index < -0.39 is 16.1 Å². The van der Waals surface area contributed by atoms with Crippen LogP contribution in [0.4, 0.5) is 5.69 Å². The third-order valence-electron chi connectivity index (χ3n) is 2.66. The van der Waals surface area contributed by atoms with Crippen LogP contribution < -0.4 is 15.8 Å². The van der Waals surface area contributed by atoms with Gasteiger partial charge >= 0.3 is 0 Å². The maximum Gasteiger partial charge on any atom is 0.242 e. The second-order valence-corrected chi connectivity index (χ2v) is 7.71. The van der Waals surface area contributed by atoms with E-state index in [1.165, 1.54) is 25.1 Å². The quantitative estimate of drug-likeness (QED) is 0.653. The van der Waals surface area contributed by atoms with Crippen molar-refractivity contribution in [1.29, 1.82) is 0 Å². The number of nitrogens with two attached hydrogens (primary N) is 1. The van der Waals surface area contributed by atoms with Crippen LogP contribution >= 0.6 is 15.9 Å². The molecule has 0 aliphatic heterocycles. The molecule has 0 saturated carbocycles. The van der Waals surface area contributed by atoms with Crippen LogP contribution in [0.5, 0.6) is 0 Å². The number of hydrogen-bond donors (Lipinski definition) is 3. The van der Waals surface area contributed by atoms with Crippen molar-refractivity contribution in [2.24, 2.45) is 5.92 Å². The van der Waals surface area contributed by atoms with E-state index in [2.05, 4.69) is 26.0 Å². The van der Waals surface area contributed by atoms with Crippen LogP contribution in [0.15, 0.2) is 27.6 Å². The Balaban J connectivity index is 2.82. The monoisotopic (exact) mass is 377 g/mol. The lowest BCUT2D eigenvalue weighted by atomic mass is 10.2. The standard InChI is InChI=1S/C13H20BrN3O3S/c1-8(2)7-16-13(18)9(3)17-21(19,20)12-5-4-10(15)6-11(12)14/h4-6,8-9,17H,7,15H2,1-3H3,(H,16,18). The third-order valence-corrected chi connectivity index (χ3v) is 5.17. The van der Waals surface area contributed by atoms with Crippen LogP contribution in [-0.2, 0) is 14.8 Å². The van der Waals surface area contributed by atoms with E-state index in [1.807, 2.05) is 13.8 Å². The third kappa shape index (κ3) is 5.29. The zero-order chi connectivity index (χ0) is 16.2. The fourth-order valence-corrected chi connectivity index (χ4v) is 3.84. The molecule has 21 heavy (non-hydrogen) atoms.